The summed E-state index contributed by atoms with van der Waals surface area (Å²) in [5.41, 5.74) is 11.5. The Balaban J connectivity index is 0.000000615. The topological polar surface area (TPSA) is 157 Å². The van der Waals surface area contributed by atoms with E-state index in [1.807, 2.05) is 43.4 Å². The number of ketones is 8. The summed E-state index contributed by atoms with van der Waals surface area (Å²) >= 11 is 0. The second-order valence-electron chi connectivity index (χ2n) is 35.8. The van der Waals surface area contributed by atoms with E-state index in [2.05, 4.69) is 125 Å². The van der Waals surface area contributed by atoms with Gasteiger partial charge in [0.05, 0.1) is 6.10 Å². The molecule has 0 heterocycles. The molecule has 0 aliphatic heterocycles. The normalized spacial score (nSPS) is 24.6. The van der Waals surface area contributed by atoms with Crippen molar-refractivity contribution in [1.29, 1.82) is 0 Å². The highest BCUT2D eigenvalue weighted by molar-refractivity contribution is 5.94. The minimum absolute atomic E-state index is 0.168. The zero-order chi connectivity index (χ0) is 81.6. The van der Waals surface area contributed by atoms with Gasteiger partial charge in [-0.3, -0.25) is 38.4 Å². The quantitative estimate of drug-likeness (QED) is 0.0624. The monoisotopic (exact) mass is 1510 g/mol. The predicted molar refractivity (Wildman–Crippen MR) is 465 cm³/mol. The Morgan fingerprint density at radius 3 is 0.743 bits per heavy atom. The standard InChI is InChI=1S/C14H24O.C13H22O.C12H20O.3C11H18O.C10H16O.C9H16O.C9H14O/c1-3-4-5-6-7-8-13-9-12(2)10-14(15)11-13;1-3-4-5-6-7-12-8-11(2)9-13(14)10-12;1-3-4-5-6-11-7-10(2)8-12(13)9-11;1-8(2)4-10-5-9(3)6-11(12)7-10;2*1-3-4-5-10-6-9(2)7-11(12)8-10;1-3-4-9-5-8(2)6-10(11)7-9;2*1-3-8-4-7(2)5-9(10)6-8/h10,13H,3-9,11H2,1-2H3;9,12H,3-8,10H2,1-2H3;8,11H,3-7,9H2,1-2H3;6,8,10H,4-5,7H2,1-3H3;2*7,10H,3-6,8H2,1-2H3;6,9H,3-5,7H2,1-2H3;5,8-10H,3-4,6H2,1-2H3;5,8H,3-4,6H2,1-2H3. The summed E-state index contributed by atoms with van der Waals surface area (Å²) < 4.78 is 0. The van der Waals surface area contributed by atoms with Gasteiger partial charge in [0.2, 0.25) is 0 Å². The van der Waals surface area contributed by atoms with Gasteiger partial charge in [0, 0.05) is 51.4 Å². The molecular weight excluding hydrogens is 1350 g/mol. The van der Waals surface area contributed by atoms with E-state index < -0.39 is 0 Å². The van der Waals surface area contributed by atoms with Crippen molar-refractivity contribution >= 4 is 46.3 Å². The fraction of sp³-hybridized carbons (Fsp3) is 0.740. The number of carbonyl (C=O) groups is 8. The largest absolute Gasteiger partial charge is 0.389 e. The van der Waals surface area contributed by atoms with Crippen LogP contribution in [0, 0.1) is 59.2 Å². The maximum absolute atomic E-state index is 11.3. The summed E-state index contributed by atoms with van der Waals surface area (Å²) in [6, 6.07) is 0. The Bertz CT molecular complexity index is 2920. The summed E-state index contributed by atoms with van der Waals surface area (Å²) in [6.45, 7) is 40.7. The molecule has 9 rings (SSSR count). The highest BCUT2D eigenvalue weighted by atomic mass is 16.3. The van der Waals surface area contributed by atoms with Crippen molar-refractivity contribution in [3.63, 3.8) is 0 Å². The third kappa shape index (κ3) is 53.6. The smallest absolute Gasteiger partial charge is 0.155 e. The van der Waals surface area contributed by atoms with E-state index in [9.17, 15) is 43.5 Å². The fourth-order valence-electron chi connectivity index (χ4n) is 17.6. The minimum Gasteiger partial charge on any atom is -0.389 e. The first kappa shape index (κ1) is 102. The molecule has 1 N–H and O–H groups in total. The molecule has 0 radical (unpaired) electrons. The van der Waals surface area contributed by atoms with Crippen molar-refractivity contribution in [3.8, 4) is 0 Å². The van der Waals surface area contributed by atoms with Crippen LogP contribution in [0.3, 0.4) is 0 Å². The Kier molecular flexibility index (Phi) is 57.5. The number of hydrogen-bond donors (Lipinski definition) is 1. The first-order valence-corrected chi connectivity index (χ1v) is 44.8. The molecule has 9 aliphatic carbocycles. The van der Waals surface area contributed by atoms with E-state index in [1.54, 1.807) is 18.2 Å². The summed E-state index contributed by atoms with van der Waals surface area (Å²) in [5, 5.41) is 9.30. The van der Waals surface area contributed by atoms with E-state index in [1.165, 1.54) is 217 Å². The summed E-state index contributed by atoms with van der Waals surface area (Å²) in [5.74, 6) is 9.18. The SMILES string of the molecule is CC1=CC(=O)CC(CC(C)C)C1.CCC1CC(=O)C=C(C)C1.CCC1CC(C)=CC(O)C1.CCCC1CC(=O)C=C(C)C1.CCCCC1CC(=O)C=C(C)C1.CCCCC1CC(=O)C=C(C)C1.CCCCCC1CC(=O)C=C(C)C1.CCCCCCC1CC(=O)C=C(C)C1.CCCCCCCC1CC(=O)C=C(C)C1. The molecule has 0 aromatic carbocycles. The molecule has 0 aromatic rings. The Labute approximate surface area is 670 Å². The molecule has 9 heteroatoms. The molecule has 620 valence electrons. The second kappa shape index (κ2) is 61.5. The van der Waals surface area contributed by atoms with E-state index in [4.69, 9.17) is 0 Å². The van der Waals surface area contributed by atoms with Crippen molar-refractivity contribution in [2.45, 2.75) is 420 Å². The molecule has 10 atom stereocenters. The number of rotatable bonds is 27. The van der Waals surface area contributed by atoms with Gasteiger partial charge < -0.3 is 5.11 Å². The molecule has 10 unspecified atom stereocenters. The maximum Gasteiger partial charge on any atom is 0.155 e. The van der Waals surface area contributed by atoms with Crippen molar-refractivity contribution in [2.75, 3.05) is 0 Å². The molecule has 0 aromatic heterocycles. The highest BCUT2D eigenvalue weighted by Crippen LogP contribution is 2.33. The number of hydrogen-bond acceptors (Lipinski definition) is 9. The second-order valence-corrected chi connectivity index (χ2v) is 35.8. The van der Waals surface area contributed by atoms with Crippen molar-refractivity contribution in [1.82, 2.24) is 0 Å². The van der Waals surface area contributed by atoms with Gasteiger partial charge in [-0.25, -0.2) is 0 Å². The lowest BCUT2D eigenvalue weighted by Gasteiger charge is -2.22. The Morgan fingerprint density at radius 1 is 0.257 bits per heavy atom. The number of allylic oxidation sites excluding steroid dienone is 17. The lowest BCUT2D eigenvalue weighted by Crippen LogP contribution is -2.16. The van der Waals surface area contributed by atoms with Crippen LogP contribution in [0.2, 0.25) is 0 Å². The van der Waals surface area contributed by atoms with E-state index >= 15 is 0 Å². The van der Waals surface area contributed by atoms with Gasteiger partial charge in [-0.2, -0.15) is 0 Å². The van der Waals surface area contributed by atoms with Crippen LogP contribution in [0.15, 0.2) is 105 Å². The third-order valence-corrected chi connectivity index (χ3v) is 22.7. The maximum atomic E-state index is 11.3. The third-order valence-electron chi connectivity index (χ3n) is 22.7. The molecule has 0 saturated carbocycles. The van der Waals surface area contributed by atoms with Gasteiger partial charge in [-0.05, 0) is 279 Å². The van der Waals surface area contributed by atoms with Crippen LogP contribution < -0.4 is 0 Å². The van der Waals surface area contributed by atoms with Crippen LogP contribution in [0.4, 0.5) is 0 Å². The van der Waals surface area contributed by atoms with Gasteiger partial charge in [0.1, 0.15) is 0 Å². The first-order valence-electron chi connectivity index (χ1n) is 44.8. The summed E-state index contributed by atoms with van der Waals surface area (Å²) in [7, 11) is 0. The summed E-state index contributed by atoms with van der Waals surface area (Å²) in [6.07, 6.45) is 66.9. The van der Waals surface area contributed by atoms with Crippen molar-refractivity contribution < 1.29 is 43.5 Å². The summed E-state index contributed by atoms with van der Waals surface area (Å²) in [4.78, 5) is 89.5. The fourth-order valence-corrected chi connectivity index (χ4v) is 17.6. The van der Waals surface area contributed by atoms with Gasteiger partial charge in [-0.15, -0.1) is 0 Å². The van der Waals surface area contributed by atoms with Crippen LogP contribution in [-0.4, -0.2) is 57.5 Å². The van der Waals surface area contributed by atoms with Gasteiger partial charge in [0.25, 0.3) is 0 Å². The van der Waals surface area contributed by atoms with E-state index in [0.717, 1.165) is 121 Å². The highest BCUT2D eigenvalue weighted by Gasteiger charge is 2.25. The molecule has 0 amide bonds. The van der Waals surface area contributed by atoms with E-state index in [-0.39, 0.29) is 6.10 Å². The van der Waals surface area contributed by atoms with Crippen molar-refractivity contribution in [2.24, 2.45) is 59.2 Å². The van der Waals surface area contributed by atoms with Gasteiger partial charge >= 0.3 is 0 Å². The molecule has 109 heavy (non-hydrogen) atoms. The average Bonchev–Trinajstić information content (AvgIpc) is 0.898. The molecular formula is C100H166O9. The van der Waals surface area contributed by atoms with Crippen LogP contribution in [0.25, 0.3) is 0 Å². The Morgan fingerprint density at radius 2 is 0.477 bits per heavy atom. The van der Waals surface area contributed by atoms with Crippen LogP contribution in [0.5, 0.6) is 0 Å². The van der Waals surface area contributed by atoms with Gasteiger partial charge in [-0.1, -0.05) is 247 Å². The molecule has 0 bridgehead atoms. The van der Waals surface area contributed by atoms with Gasteiger partial charge in [0.15, 0.2) is 46.3 Å². The molecule has 9 nitrogen and oxygen atoms in total. The number of unbranched alkanes of at least 4 members (excludes halogenated alkanes) is 11. The Hall–Kier alpha value is -5.02. The number of aliphatic hydroxyl groups is 1. The lowest BCUT2D eigenvalue weighted by molar-refractivity contribution is -0.116. The minimum atomic E-state index is -0.168. The molecule has 0 spiro atoms. The van der Waals surface area contributed by atoms with Crippen LogP contribution in [-0.2, 0) is 38.4 Å². The predicted octanol–water partition coefficient (Wildman–Crippen LogP) is 28.0. The zero-order valence-corrected chi connectivity index (χ0v) is 73.9. The number of carbonyl (C=O) groups excluding carboxylic acids is 8. The van der Waals surface area contributed by atoms with Crippen molar-refractivity contribution in [3.05, 3.63) is 105 Å². The average molecular weight is 1510 g/mol. The molecule has 0 fully saturated rings. The van der Waals surface area contributed by atoms with E-state index in [0.29, 0.717) is 99.5 Å². The van der Waals surface area contributed by atoms with Crippen LogP contribution in [0.1, 0.15) is 414 Å². The molecule has 0 saturated heterocycles. The zero-order valence-electron chi connectivity index (χ0n) is 73.9. The lowest BCUT2D eigenvalue weighted by atomic mass is 9.83. The van der Waals surface area contributed by atoms with Crippen LogP contribution >= 0.6 is 0 Å². The number of aliphatic hydroxyl groups excluding tert-OH is 1. The first-order chi connectivity index (χ1) is 51.8. The molecule has 9 aliphatic rings.